The van der Waals surface area contributed by atoms with Gasteiger partial charge in [0.2, 0.25) is 0 Å². The minimum Gasteiger partial charge on any atom is -0.444 e. The number of thiazole rings is 2. The quantitative estimate of drug-likeness (QED) is 0.206. The molecule has 0 saturated carbocycles. The van der Waals surface area contributed by atoms with E-state index in [4.69, 9.17) is 9.47 Å². The molecule has 0 aliphatic heterocycles. The van der Waals surface area contributed by atoms with Gasteiger partial charge in [-0.1, -0.05) is 34.1 Å². The number of ether oxygens (including phenoxy) is 2. The Bertz CT molecular complexity index is 1100. The van der Waals surface area contributed by atoms with Crippen molar-refractivity contribution < 1.29 is 23.9 Å². The lowest BCUT2D eigenvalue weighted by atomic mass is 9.90. The van der Waals surface area contributed by atoms with Gasteiger partial charge < -0.3 is 25.0 Å². The highest BCUT2D eigenvalue weighted by Gasteiger charge is 2.27. The zero-order valence-electron chi connectivity index (χ0n) is 26.4. The van der Waals surface area contributed by atoms with Gasteiger partial charge >= 0.3 is 12.1 Å². The first-order chi connectivity index (χ1) is 19.8. The molecule has 2 N–H and O–H groups in total. The number of Topliss-reactive ketones (excluding diaryl/α,β-unsaturated/α-hetero) is 1. The molecule has 0 bridgehead atoms. The Morgan fingerprint density at radius 2 is 1.79 bits per heavy atom. The first-order valence-electron chi connectivity index (χ1n) is 14.7. The van der Waals surface area contributed by atoms with E-state index in [1.165, 1.54) is 11.3 Å². The van der Waals surface area contributed by atoms with Crippen molar-refractivity contribution in [3.8, 4) is 0 Å². The number of hydrogen-bond acceptors (Lipinski definition) is 9. The standard InChI is InChI=1S/C30H49N5O5S2/c1-9-21(11-12-22(10-2)33-29(38)39-17-24-14-31-19-41-24)13-26(36)25(18-40-30(5,6)7)34-28(37)35(8)16-23-15-32-27(42-23)20(3)4/h14-15,19-22,25H,9-13,16-18H2,1-8H3,(H,33,38)(H,34,37). The van der Waals surface area contributed by atoms with Gasteiger partial charge in [-0.2, -0.15) is 0 Å². The van der Waals surface area contributed by atoms with Crippen LogP contribution in [-0.2, 0) is 27.4 Å². The Balaban J connectivity index is 1.94. The van der Waals surface area contributed by atoms with E-state index in [9.17, 15) is 14.4 Å². The molecule has 2 aromatic rings. The molecule has 12 heteroatoms. The Morgan fingerprint density at radius 3 is 2.36 bits per heavy atom. The van der Waals surface area contributed by atoms with Gasteiger partial charge in [-0.05, 0) is 46.0 Å². The highest BCUT2D eigenvalue weighted by Crippen LogP contribution is 2.23. The predicted molar refractivity (Wildman–Crippen MR) is 168 cm³/mol. The number of aromatic nitrogens is 2. The smallest absolute Gasteiger partial charge is 0.407 e. The summed E-state index contributed by atoms with van der Waals surface area (Å²) < 4.78 is 11.3. The third-order valence-electron chi connectivity index (χ3n) is 6.81. The number of nitrogens with one attached hydrogen (secondary N) is 2. The number of ketones is 1. The van der Waals surface area contributed by atoms with Crippen LogP contribution in [0.25, 0.3) is 0 Å². The van der Waals surface area contributed by atoms with Crippen molar-refractivity contribution in [3.05, 3.63) is 32.7 Å². The molecule has 0 aromatic carbocycles. The average molecular weight is 624 g/mol. The van der Waals surface area contributed by atoms with E-state index in [0.717, 1.165) is 40.4 Å². The van der Waals surface area contributed by atoms with Crippen molar-refractivity contribution in [3.63, 3.8) is 0 Å². The molecule has 236 valence electrons. The van der Waals surface area contributed by atoms with E-state index in [0.29, 0.717) is 18.9 Å². The summed E-state index contributed by atoms with van der Waals surface area (Å²) in [7, 11) is 1.71. The van der Waals surface area contributed by atoms with Gasteiger partial charge in [0, 0.05) is 42.7 Å². The number of carbonyl (C=O) groups is 3. The van der Waals surface area contributed by atoms with Crippen LogP contribution in [0.1, 0.15) is 101 Å². The number of nitrogens with zero attached hydrogens (tertiary/aromatic N) is 3. The molecule has 2 rings (SSSR count). The summed E-state index contributed by atoms with van der Waals surface area (Å²) >= 11 is 3.03. The summed E-state index contributed by atoms with van der Waals surface area (Å²) in [6.45, 7) is 14.7. The maximum Gasteiger partial charge on any atom is 0.407 e. The molecule has 3 atom stereocenters. The molecule has 0 radical (unpaired) electrons. The van der Waals surface area contributed by atoms with Gasteiger partial charge in [-0.25, -0.2) is 14.6 Å². The van der Waals surface area contributed by atoms with Crippen LogP contribution in [0.3, 0.4) is 0 Å². The first-order valence-corrected chi connectivity index (χ1v) is 16.4. The normalized spacial score (nSPS) is 13.8. The molecule has 0 aliphatic carbocycles. The van der Waals surface area contributed by atoms with Gasteiger partial charge in [-0.15, -0.1) is 22.7 Å². The molecular weight excluding hydrogens is 574 g/mol. The highest BCUT2D eigenvalue weighted by molar-refractivity contribution is 7.11. The molecule has 3 amide bonds. The van der Waals surface area contributed by atoms with Crippen LogP contribution in [0.4, 0.5) is 9.59 Å². The number of amides is 3. The second-order valence-corrected chi connectivity index (χ2v) is 14.0. The summed E-state index contributed by atoms with van der Waals surface area (Å²) in [5.74, 6) is 0.384. The van der Waals surface area contributed by atoms with Crippen molar-refractivity contribution in [1.82, 2.24) is 25.5 Å². The van der Waals surface area contributed by atoms with E-state index in [2.05, 4.69) is 41.4 Å². The summed E-state index contributed by atoms with van der Waals surface area (Å²) in [6, 6.07) is -1.15. The summed E-state index contributed by atoms with van der Waals surface area (Å²) in [5, 5.41) is 6.89. The van der Waals surface area contributed by atoms with Crippen LogP contribution in [0.2, 0.25) is 0 Å². The minimum absolute atomic E-state index is 0.0561. The maximum atomic E-state index is 13.5. The Hall–Kier alpha value is -2.57. The highest BCUT2D eigenvalue weighted by atomic mass is 32.1. The Morgan fingerprint density at radius 1 is 1.05 bits per heavy atom. The Kier molecular flexibility index (Phi) is 14.9. The van der Waals surface area contributed by atoms with Crippen LogP contribution in [0.5, 0.6) is 0 Å². The number of hydrogen-bond donors (Lipinski definition) is 2. The fourth-order valence-corrected chi connectivity index (χ4v) is 5.61. The first kappa shape index (κ1) is 35.6. The van der Waals surface area contributed by atoms with Crippen LogP contribution in [0.15, 0.2) is 17.9 Å². The molecule has 0 fully saturated rings. The van der Waals surface area contributed by atoms with E-state index in [1.54, 1.807) is 41.2 Å². The van der Waals surface area contributed by atoms with Crippen LogP contribution >= 0.6 is 22.7 Å². The van der Waals surface area contributed by atoms with Gasteiger partial charge in [0.05, 0.1) is 34.1 Å². The monoisotopic (exact) mass is 623 g/mol. The van der Waals surface area contributed by atoms with Crippen molar-refractivity contribution >= 4 is 40.6 Å². The zero-order valence-corrected chi connectivity index (χ0v) is 28.0. The van der Waals surface area contributed by atoms with Crippen LogP contribution in [-0.4, -0.2) is 64.1 Å². The molecule has 42 heavy (non-hydrogen) atoms. The van der Waals surface area contributed by atoms with Gasteiger partial charge in [0.25, 0.3) is 0 Å². The van der Waals surface area contributed by atoms with Crippen LogP contribution in [0, 0.1) is 5.92 Å². The zero-order chi connectivity index (χ0) is 31.3. The summed E-state index contributed by atoms with van der Waals surface area (Å²) in [6.07, 6.45) is 6.40. The van der Waals surface area contributed by atoms with Crippen LogP contribution < -0.4 is 10.6 Å². The molecule has 0 saturated heterocycles. The lowest BCUT2D eigenvalue weighted by Gasteiger charge is -2.27. The molecule has 0 aliphatic rings. The van der Waals surface area contributed by atoms with E-state index < -0.39 is 17.7 Å². The van der Waals surface area contributed by atoms with E-state index in [1.807, 2.05) is 27.7 Å². The van der Waals surface area contributed by atoms with Crippen molar-refractivity contribution in [2.24, 2.45) is 5.92 Å². The number of carbonyl (C=O) groups excluding carboxylic acids is 3. The number of rotatable bonds is 17. The fourth-order valence-electron chi connectivity index (χ4n) is 4.13. The van der Waals surface area contributed by atoms with Crippen molar-refractivity contribution in [2.45, 2.75) is 117 Å². The molecule has 10 nitrogen and oxygen atoms in total. The van der Waals surface area contributed by atoms with Gasteiger partial charge in [0.1, 0.15) is 12.6 Å². The third kappa shape index (κ3) is 13.2. The molecule has 2 aromatic heterocycles. The van der Waals surface area contributed by atoms with E-state index in [-0.39, 0.29) is 37.0 Å². The predicted octanol–water partition coefficient (Wildman–Crippen LogP) is 6.52. The Labute approximate surface area is 259 Å². The van der Waals surface area contributed by atoms with E-state index >= 15 is 0 Å². The maximum absolute atomic E-state index is 13.5. The van der Waals surface area contributed by atoms with Gasteiger partial charge in [0.15, 0.2) is 5.78 Å². The molecular formula is C30H49N5O5S2. The topological polar surface area (TPSA) is 123 Å². The lowest BCUT2D eigenvalue weighted by Crippen LogP contribution is -2.49. The van der Waals surface area contributed by atoms with Gasteiger partial charge in [-0.3, -0.25) is 9.78 Å². The second kappa shape index (κ2) is 17.5. The molecule has 0 spiro atoms. The average Bonchev–Trinajstić information content (AvgIpc) is 3.63. The molecule has 3 unspecified atom stereocenters. The number of alkyl carbamates (subject to hydrolysis) is 1. The third-order valence-corrected chi connectivity index (χ3v) is 8.84. The molecule has 2 heterocycles. The number of urea groups is 1. The lowest BCUT2D eigenvalue weighted by molar-refractivity contribution is -0.125. The van der Waals surface area contributed by atoms with Crippen molar-refractivity contribution in [2.75, 3.05) is 13.7 Å². The SMILES string of the molecule is CCC(CCC(CC)NC(=O)OCc1cncs1)CC(=O)C(COC(C)(C)C)NC(=O)N(C)Cc1cnc(C(C)C)s1. The summed E-state index contributed by atoms with van der Waals surface area (Å²) in [4.78, 5) is 50.8. The fraction of sp³-hybridized carbons (Fsp3) is 0.700. The van der Waals surface area contributed by atoms with Crippen molar-refractivity contribution in [1.29, 1.82) is 0 Å². The summed E-state index contributed by atoms with van der Waals surface area (Å²) in [5.41, 5.74) is 1.25. The largest absolute Gasteiger partial charge is 0.444 e. The second-order valence-electron chi connectivity index (χ2n) is 11.9. The minimum atomic E-state index is -0.761.